The van der Waals surface area contributed by atoms with Gasteiger partial charge in [0.1, 0.15) is 5.82 Å². The molecule has 2 aromatic rings. The quantitative estimate of drug-likeness (QED) is 0.932. The SMILES string of the molecule is CC(C)c1ccnc(CC(C)c2ccnc(N)c2F)c1F. The van der Waals surface area contributed by atoms with Crippen molar-refractivity contribution in [3.63, 3.8) is 0 Å². The van der Waals surface area contributed by atoms with E-state index in [4.69, 9.17) is 5.73 Å². The Balaban J connectivity index is 2.30. The van der Waals surface area contributed by atoms with E-state index in [0.717, 1.165) is 0 Å². The molecule has 0 amide bonds. The van der Waals surface area contributed by atoms with Gasteiger partial charge in [-0.25, -0.2) is 13.8 Å². The van der Waals surface area contributed by atoms with E-state index in [1.54, 1.807) is 18.3 Å². The molecule has 0 bridgehead atoms. The molecule has 0 aromatic carbocycles. The van der Waals surface area contributed by atoms with Crippen LogP contribution in [0.5, 0.6) is 0 Å². The molecular formula is C16H19F2N3. The van der Waals surface area contributed by atoms with E-state index in [0.29, 0.717) is 23.2 Å². The number of anilines is 1. The first-order valence-electron chi connectivity index (χ1n) is 6.95. The largest absolute Gasteiger partial charge is 0.381 e. The topological polar surface area (TPSA) is 51.8 Å². The van der Waals surface area contributed by atoms with Crippen molar-refractivity contribution < 1.29 is 8.78 Å². The molecule has 1 unspecified atom stereocenters. The molecule has 2 rings (SSSR count). The summed E-state index contributed by atoms with van der Waals surface area (Å²) in [7, 11) is 0. The zero-order valence-corrected chi connectivity index (χ0v) is 12.4. The second kappa shape index (κ2) is 6.16. The summed E-state index contributed by atoms with van der Waals surface area (Å²) in [5.74, 6) is -1.13. The van der Waals surface area contributed by atoms with Gasteiger partial charge in [0.05, 0.1) is 5.69 Å². The second-order valence-corrected chi connectivity index (χ2v) is 5.52. The minimum atomic E-state index is -0.537. The third-order valence-corrected chi connectivity index (χ3v) is 3.59. The van der Waals surface area contributed by atoms with Crippen LogP contribution >= 0.6 is 0 Å². The van der Waals surface area contributed by atoms with Crippen molar-refractivity contribution in [3.8, 4) is 0 Å². The smallest absolute Gasteiger partial charge is 0.168 e. The lowest BCUT2D eigenvalue weighted by molar-refractivity contribution is 0.548. The van der Waals surface area contributed by atoms with Crippen LogP contribution in [0.4, 0.5) is 14.6 Å². The molecule has 2 heterocycles. The predicted octanol–water partition coefficient (Wildman–Crippen LogP) is 3.81. The number of nitrogen functional groups attached to an aromatic ring is 1. The van der Waals surface area contributed by atoms with E-state index >= 15 is 0 Å². The number of hydrogen-bond acceptors (Lipinski definition) is 3. The fourth-order valence-electron chi connectivity index (χ4n) is 2.35. The van der Waals surface area contributed by atoms with Crippen LogP contribution in [-0.2, 0) is 6.42 Å². The van der Waals surface area contributed by atoms with Crippen LogP contribution in [0.3, 0.4) is 0 Å². The maximum atomic E-state index is 14.4. The van der Waals surface area contributed by atoms with Crippen LogP contribution in [0.1, 0.15) is 49.4 Å². The van der Waals surface area contributed by atoms with Gasteiger partial charge in [0.15, 0.2) is 11.6 Å². The first kappa shape index (κ1) is 15.4. The number of hydrogen-bond donors (Lipinski definition) is 1. The monoisotopic (exact) mass is 291 g/mol. The Labute approximate surface area is 123 Å². The van der Waals surface area contributed by atoms with Gasteiger partial charge in [-0.15, -0.1) is 0 Å². The van der Waals surface area contributed by atoms with Crippen LogP contribution < -0.4 is 5.73 Å². The van der Waals surface area contributed by atoms with Gasteiger partial charge in [-0.3, -0.25) is 4.98 Å². The van der Waals surface area contributed by atoms with E-state index < -0.39 is 5.82 Å². The van der Waals surface area contributed by atoms with E-state index in [2.05, 4.69) is 9.97 Å². The molecule has 0 aliphatic rings. The minimum absolute atomic E-state index is 0.0790. The highest BCUT2D eigenvalue weighted by Gasteiger charge is 2.18. The molecule has 2 aromatic heterocycles. The van der Waals surface area contributed by atoms with Gasteiger partial charge in [-0.05, 0) is 41.5 Å². The second-order valence-electron chi connectivity index (χ2n) is 5.52. The zero-order valence-electron chi connectivity index (χ0n) is 12.4. The molecule has 0 saturated carbocycles. The van der Waals surface area contributed by atoms with Crippen molar-refractivity contribution in [2.24, 2.45) is 0 Å². The first-order valence-corrected chi connectivity index (χ1v) is 6.95. The molecule has 0 saturated heterocycles. The Morgan fingerprint density at radius 2 is 1.62 bits per heavy atom. The number of rotatable bonds is 4. The average molecular weight is 291 g/mol. The lowest BCUT2D eigenvalue weighted by Crippen LogP contribution is -2.09. The molecule has 3 nitrogen and oxygen atoms in total. The molecule has 5 heteroatoms. The van der Waals surface area contributed by atoms with Gasteiger partial charge >= 0.3 is 0 Å². The maximum Gasteiger partial charge on any atom is 0.168 e. The normalized spacial score (nSPS) is 12.7. The highest BCUT2D eigenvalue weighted by molar-refractivity contribution is 5.37. The molecule has 0 radical (unpaired) electrons. The standard InChI is InChI=1S/C16H19F2N3/c1-9(2)11-4-6-20-13(14(11)17)8-10(3)12-5-7-21-16(19)15(12)18/h4-7,9-10H,8H2,1-3H3,(H2,19,21). The van der Waals surface area contributed by atoms with Crippen molar-refractivity contribution in [1.29, 1.82) is 0 Å². The Bertz CT molecular complexity index is 641. The summed E-state index contributed by atoms with van der Waals surface area (Å²) in [4.78, 5) is 7.79. The fourth-order valence-corrected chi connectivity index (χ4v) is 2.35. The molecule has 2 N–H and O–H groups in total. The van der Waals surface area contributed by atoms with E-state index in [9.17, 15) is 8.78 Å². The van der Waals surface area contributed by atoms with Gasteiger partial charge in [-0.2, -0.15) is 0 Å². The summed E-state index contributed by atoms with van der Waals surface area (Å²) in [5.41, 5.74) is 6.88. The average Bonchev–Trinajstić information content (AvgIpc) is 2.43. The number of pyridine rings is 2. The van der Waals surface area contributed by atoms with Gasteiger partial charge in [0, 0.05) is 12.4 Å². The van der Waals surface area contributed by atoms with Crippen molar-refractivity contribution in [3.05, 3.63) is 53.0 Å². The molecule has 0 aliphatic carbocycles. The van der Waals surface area contributed by atoms with E-state index in [-0.39, 0.29) is 23.5 Å². The molecule has 1 atom stereocenters. The van der Waals surface area contributed by atoms with Crippen molar-refractivity contribution >= 4 is 5.82 Å². The number of aromatic nitrogens is 2. The molecular weight excluding hydrogens is 272 g/mol. The number of halogens is 2. The van der Waals surface area contributed by atoms with Crippen molar-refractivity contribution in [1.82, 2.24) is 9.97 Å². The van der Waals surface area contributed by atoms with Crippen LogP contribution in [0.2, 0.25) is 0 Å². The lowest BCUT2D eigenvalue weighted by Gasteiger charge is -2.15. The van der Waals surface area contributed by atoms with Crippen molar-refractivity contribution in [2.75, 3.05) is 5.73 Å². The summed E-state index contributed by atoms with van der Waals surface area (Å²) >= 11 is 0. The molecule has 0 fully saturated rings. The fraction of sp³-hybridized carbons (Fsp3) is 0.375. The number of nitrogens with two attached hydrogens (primary N) is 1. The minimum Gasteiger partial charge on any atom is -0.381 e. The Morgan fingerprint density at radius 1 is 1.00 bits per heavy atom. The predicted molar refractivity (Wildman–Crippen MR) is 79.0 cm³/mol. The van der Waals surface area contributed by atoms with Crippen molar-refractivity contribution in [2.45, 2.75) is 39.0 Å². The van der Waals surface area contributed by atoms with Crippen LogP contribution in [0, 0.1) is 11.6 Å². The Morgan fingerprint density at radius 3 is 2.29 bits per heavy atom. The van der Waals surface area contributed by atoms with Gasteiger partial charge in [0.2, 0.25) is 0 Å². The summed E-state index contributed by atoms with van der Waals surface area (Å²) in [6.45, 7) is 5.67. The first-order chi connectivity index (χ1) is 9.91. The number of nitrogens with zero attached hydrogens (tertiary/aromatic N) is 2. The Hall–Kier alpha value is -2.04. The van der Waals surface area contributed by atoms with Crippen LogP contribution in [0.25, 0.3) is 0 Å². The maximum absolute atomic E-state index is 14.4. The lowest BCUT2D eigenvalue weighted by atomic mass is 9.94. The summed E-state index contributed by atoms with van der Waals surface area (Å²) < 4.78 is 28.3. The summed E-state index contributed by atoms with van der Waals surface area (Å²) in [6.07, 6.45) is 3.36. The van der Waals surface area contributed by atoms with Gasteiger partial charge in [-0.1, -0.05) is 20.8 Å². The third kappa shape index (κ3) is 3.17. The summed E-state index contributed by atoms with van der Waals surface area (Å²) in [6, 6.07) is 3.25. The molecule has 0 aliphatic heterocycles. The van der Waals surface area contributed by atoms with E-state index in [1.165, 1.54) is 6.20 Å². The highest BCUT2D eigenvalue weighted by Crippen LogP contribution is 2.27. The van der Waals surface area contributed by atoms with Crippen LogP contribution in [0.15, 0.2) is 24.5 Å². The van der Waals surface area contributed by atoms with Gasteiger partial charge in [0.25, 0.3) is 0 Å². The third-order valence-electron chi connectivity index (χ3n) is 3.59. The molecule has 21 heavy (non-hydrogen) atoms. The molecule has 112 valence electrons. The van der Waals surface area contributed by atoms with Gasteiger partial charge < -0.3 is 5.73 Å². The molecule has 0 spiro atoms. The highest BCUT2D eigenvalue weighted by atomic mass is 19.1. The Kier molecular flexibility index (Phi) is 4.50. The summed E-state index contributed by atoms with van der Waals surface area (Å²) in [5, 5.41) is 0. The van der Waals surface area contributed by atoms with Crippen LogP contribution in [-0.4, -0.2) is 9.97 Å². The van der Waals surface area contributed by atoms with E-state index in [1.807, 2.05) is 20.8 Å². The zero-order chi connectivity index (χ0) is 15.6.